The van der Waals surface area contributed by atoms with Crippen LogP contribution in [0.2, 0.25) is 0 Å². The lowest BCUT2D eigenvalue weighted by molar-refractivity contribution is 0.0562. The molecule has 0 amide bonds. The molecule has 1 atom stereocenters. The summed E-state index contributed by atoms with van der Waals surface area (Å²) in [5.74, 6) is 0.271. The van der Waals surface area contributed by atoms with Crippen LogP contribution in [-0.4, -0.2) is 13.1 Å². The molecule has 0 aliphatic heterocycles. The van der Waals surface area contributed by atoms with Crippen molar-refractivity contribution in [2.45, 2.75) is 19.4 Å². The fraction of sp³-hybridized carbons (Fsp3) is 0.267. The molecule has 0 saturated carbocycles. The van der Waals surface area contributed by atoms with Gasteiger partial charge in [-0.2, -0.15) is 0 Å². The van der Waals surface area contributed by atoms with E-state index in [0.717, 1.165) is 5.56 Å². The van der Waals surface area contributed by atoms with Crippen molar-refractivity contribution in [3.05, 3.63) is 59.0 Å². The van der Waals surface area contributed by atoms with Crippen molar-refractivity contribution in [3.8, 4) is 0 Å². The first kappa shape index (κ1) is 13.4. The van der Waals surface area contributed by atoms with Gasteiger partial charge in [0.25, 0.3) is 0 Å². The molecule has 0 saturated heterocycles. The number of benzene rings is 1. The minimum Gasteiger partial charge on any atom is -0.463 e. The predicted molar refractivity (Wildman–Crippen MR) is 71.9 cm³/mol. The van der Waals surface area contributed by atoms with Gasteiger partial charge in [0.15, 0.2) is 0 Å². The topological polar surface area (TPSA) is 65.5 Å². The minimum absolute atomic E-state index is 0.178. The quantitative estimate of drug-likeness (QED) is 0.857. The summed E-state index contributed by atoms with van der Waals surface area (Å²) in [6.07, 6.45) is 0.663. The second-order valence-corrected chi connectivity index (χ2v) is 4.49. The van der Waals surface area contributed by atoms with Crippen molar-refractivity contribution in [3.63, 3.8) is 0 Å². The molecule has 1 aromatic heterocycles. The van der Waals surface area contributed by atoms with Gasteiger partial charge in [-0.25, -0.2) is 4.79 Å². The smallest absolute Gasteiger partial charge is 0.373 e. The fourth-order valence-electron chi connectivity index (χ4n) is 1.96. The summed E-state index contributed by atoms with van der Waals surface area (Å²) >= 11 is 0. The molecule has 4 nitrogen and oxygen atoms in total. The van der Waals surface area contributed by atoms with Gasteiger partial charge in [0, 0.05) is 0 Å². The zero-order chi connectivity index (χ0) is 13.8. The van der Waals surface area contributed by atoms with Gasteiger partial charge in [-0.15, -0.1) is 0 Å². The number of carbonyl (C=O) groups excluding carboxylic acids is 1. The standard InChI is InChI=1S/C15H17NO3/c1-10-4-3-5-11(8-10)9-12(16)13-6-7-14(19-13)15(17)18-2/h3-8,12H,9,16H2,1-2H3. The number of hydrogen-bond donors (Lipinski definition) is 1. The van der Waals surface area contributed by atoms with Crippen LogP contribution in [0.15, 0.2) is 40.8 Å². The number of furan rings is 1. The number of hydrogen-bond acceptors (Lipinski definition) is 4. The molecule has 2 aromatic rings. The molecule has 100 valence electrons. The van der Waals surface area contributed by atoms with Crippen LogP contribution in [0, 0.1) is 6.92 Å². The Kier molecular flexibility index (Phi) is 4.02. The summed E-state index contributed by atoms with van der Waals surface area (Å²) in [5, 5.41) is 0. The number of nitrogens with two attached hydrogens (primary N) is 1. The normalized spacial score (nSPS) is 12.2. The Morgan fingerprint density at radius 2 is 2.16 bits per heavy atom. The molecular weight excluding hydrogens is 242 g/mol. The van der Waals surface area contributed by atoms with Crippen LogP contribution in [0.25, 0.3) is 0 Å². The molecule has 0 bridgehead atoms. The van der Waals surface area contributed by atoms with Crippen molar-refractivity contribution in [2.24, 2.45) is 5.73 Å². The first-order chi connectivity index (χ1) is 9.10. The Morgan fingerprint density at radius 3 is 2.84 bits per heavy atom. The van der Waals surface area contributed by atoms with Crippen LogP contribution < -0.4 is 5.73 Å². The SMILES string of the molecule is COC(=O)c1ccc(C(N)Cc2cccc(C)c2)o1. The molecule has 0 spiro atoms. The highest BCUT2D eigenvalue weighted by atomic mass is 16.5. The van der Waals surface area contributed by atoms with Gasteiger partial charge in [-0.1, -0.05) is 29.8 Å². The van der Waals surface area contributed by atoms with Gasteiger partial charge in [0.2, 0.25) is 5.76 Å². The third-order valence-electron chi connectivity index (χ3n) is 2.92. The van der Waals surface area contributed by atoms with Crippen molar-refractivity contribution < 1.29 is 13.9 Å². The highest BCUT2D eigenvalue weighted by Crippen LogP contribution is 2.19. The van der Waals surface area contributed by atoms with Gasteiger partial charge < -0.3 is 14.9 Å². The Hall–Kier alpha value is -2.07. The molecule has 0 aliphatic rings. The Morgan fingerprint density at radius 1 is 1.37 bits per heavy atom. The van der Waals surface area contributed by atoms with Gasteiger partial charge in [0.05, 0.1) is 13.2 Å². The van der Waals surface area contributed by atoms with Crippen LogP contribution in [0.1, 0.15) is 33.5 Å². The number of methoxy groups -OCH3 is 1. The third kappa shape index (κ3) is 3.23. The maximum Gasteiger partial charge on any atom is 0.373 e. The van der Waals surface area contributed by atoms with Crippen molar-refractivity contribution in [1.82, 2.24) is 0 Å². The lowest BCUT2D eigenvalue weighted by Gasteiger charge is -2.09. The van der Waals surface area contributed by atoms with Crippen LogP contribution in [0.3, 0.4) is 0 Å². The van der Waals surface area contributed by atoms with Crippen LogP contribution >= 0.6 is 0 Å². The van der Waals surface area contributed by atoms with E-state index in [4.69, 9.17) is 10.2 Å². The molecule has 0 radical (unpaired) electrons. The Bertz CT molecular complexity index is 574. The monoisotopic (exact) mass is 259 g/mol. The van der Waals surface area contributed by atoms with E-state index in [1.807, 2.05) is 25.1 Å². The summed E-state index contributed by atoms with van der Waals surface area (Å²) in [6, 6.07) is 11.2. The Labute approximate surface area is 112 Å². The number of esters is 1. The summed E-state index contributed by atoms with van der Waals surface area (Å²) in [4.78, 5) is 11.3. The second kappa shape index (κ2) is 5.71. The van der Waals surface area contributed by atoms with Crippen molar-refractivity contribution in [1.29, 1.82) is 0 Å². The highest BCUT2D eigenvalue weighted by molar-refractivity contribution is 5.86. The van der Waals surface area contributed by atoms with E-state index >= 15 is 0 Å². The number of aryl methyl sites for hydroxylation is 1. The maximum atomic E-state index is 11.3. The van der Waals surface area contributed by atoms with E-state index in [9.17, 15) is 4.79 Å². The summed E-state index contributed by atoms with van der Waals surface area (Å²) < 4.78 is 9.99. The average molecular weight is 259 g/mol. The fourth-order valence-corrected chi connectivity index (χ4v) is 1.96. The van der Waals surface area contributed by atoms with E-state index in [2.05, 4.69) is 10.8 Å². The van der Waals surface area contributed by atoms with E-state index < -0.39 is 5.97 Å². The largest absolute Gasteiger partial charge is 0.463 e. The average Bonchev–Trinajstić information content (AvgIpc) is 2.87. The zero-order valence-electron chi connectivity index (χ0n) is 11.1. The molecule has 1 unspecified atom stereocenters. The highest BCUT2D eigenvalue weighted by Gasteiger charge is 2.16. The van der Waals surface area contributed by atoms with Gasteiger partial charge in [-0.3, -0.25) is 0 Å². The lowest BCUT2D eigenvalue weighted by Crippen LogP contribution is -2.12. The molecule has 2 rings (SSSR count). The number of carbonyl (C=O) groups is 1. The maximum absolute atomic E-state index is 11.3. The van der Waals surface area contributed by atoms with Crippen molar-refractivity contribution in [2.75, 3.05) is 7.11 Å². The van der Waals surface area contributed by atoms with Gasteiger partial charge >= 0.3 is 5.97 Å². The van der Waals surface area contributed by atoms with Crippen LogP contribution in [0.4, 0.5) is 0 Å². The molecule has 1 aromatic carbocycles. The predicted octanol–water partition coefficient (Wildman–Crippen LogP) is 2.62. The molecule has 2 N–H and O–H groups in total. The van der Waals surface area contributed by atoms with Gasteiger partial charge in [0.1, 0.15) is 5.76 Å². The molecular formula is C15H17NO3. The zero-order valence-corrected chi connectivity index (χ0v) is 11.1. The summed E-state index contributed by atoms with van der Waals surface area (Å²) in [7, 11) is 1.32. The Balaban J connectivity index is 2.09. The second-order valence-electron chi connectivity index (χ2n) is 4.49. The van der Waals surface area contributed by atoms with E-state index in [-0.39, 0.29) is 11.8 Å². The van der Waals surface area contributed by atoms with Crippen molar-refractivity contribution >= 4 is 5.97 Å². The van der Waals surface area contributed by atoms with E-state index in [0.29, 0.717) is 12.2 Å². The van der Waals surface area contributed by atoms with Crippen LogP contribution in [-0.2, 0) is 11.2 Å². The molecule has 0 aliphatic carbocycles. The molecule has 1 heterocycles. The summed E-state index contributed by atoms with van der Waals surface area (Å²) in [5.41, 5.74) is 8.42. The number of rotatable bonds is 4. The molecule has 4 heteroatoms. The first-order valence-corrected chi connectivity index (χ1v) is 6.09. The summed E-state index contributed by atoms with van der Waals surface area (Å²) in [6.45, 7) is 2.04. The van der Waals surface area contributed by atoms with E-state index in [1.54, 1.807) is 12.1 Å². The minimum atomic E-state index is -0.492. The molecule has 19 heavy (non-hydrogen) atoms. The van der Waals surface area contributed by atoms with E-state index in [1.165, 1.54) is 12.7 Å². The van der Waals surface area contributed by atoms with Crippen LogP contribution in [0.5, 0.6) is 0 Å². The third-order valence-corrected chi connectivity index (χ3v) is 2.92. The van der Waals surface area contributed by atoms with Gasteiger partial charge in [-0.05, 0) is 31.0 Å². The number of ether oxygens (including phenoxy) is 1. The lowest BCUT2D eigenvalue weighted by atomic mass is 10.0. The molecule has 0 fully saturated rings. The first-order valence-electron chi connectivity index (χ1n) is 6.09.